The van der Waals surface area contributed by atoms with E-state index in [-0.39, 0.29) is 16.8 Å². The Morgan fingerprint density at radius 2 is 2.07 bits per heavy atom. The Kier molecular flexibility index (Phi) is 3.50. The number of H-pyrrole nitrogens is 1. The summed E-state index contributed by atoms with van der Waals surface area (Å²) in [6, 6.07) is 0. The molecule has 0 saturated heterocycles. The van der Waals surface area contributed by atoms with Crippen LogP contribution in [0.1, 0.15) is 0 Å². The van der Waals surface area contributed by atoms with Gasteiger partial charge in [0.05, 0.1) is 10.2 Å². The van der Waals surface area contributed by atoms with Crippen LogP contribution in [0.4, 0.5) is 0 Å². The van der Waals surface area contributed by atoms with Crippen LogP contribution in [0.15, 0.2) is 20.3 Å². The van der Waals surface area contributed by atoms with Crippen molar-refractivity contribution >= 4 is 25.8 Å². The second kappa shape index (κ2) is 4.31. The van der Waals surface area contributed by atoms with Crippen LogP contribution in [-0.4, -0.2) is 30.0 Å². The summed E-state index contributed by atoms with van der Waals surface area (Å²) in [5.74, 6) is -0.244. The van der Waals surface area contributed by atoms with Crippen LogP contribution in [0.25, 0.3) is 0 Å². The summed E-state index contributed by atoms with van der Waals surface area (Å²) in [6.07, 6.45) is 2.27. The van der Waals surface area contributed by atoms with Crippen molar-refractivity contribution in [1.82, 2.24) is 9.55 Å². The molecule has 1 N–H and O–H groups in total. The molecule has 0 bridgehead atoms. The van der Waals surface area contributed by atoms with Gasteiger partial charge in [-0.3, -0.25) is 9.36 Å². The number of aromatic nitrogens is 2. The summed E-state index contributed by atoms with van der Waals surface area (Å²) in [4.78, 5) is 24.9. The molecule has 15 heavy (non-hydrogen) atoms. The van der Waals surface area contributed by atoms with E-state index in [0.29, 0.717) is 0 Å². The van der Waals surface area contributed by atoms with Crippen molar-refractivity contribution in [1.29, 1.82) is 0 Å². The topological polar surface area (TPSA) is 89.0 Å². The van der Waals surface area contributed by atoms with Gasteiger partial charge in [-0.25, -0.2) is 13.2 Å². The first-order valence-electron chi connectivity index (χ1n) is 3.97. The first kappa shape index (κ1) is 12.2. The Hall–Kier alpha value is -0.890. The average Bonchev–Trinajstić information content (AvgIpc) is 2.10. The maximum atomic E-state index is 11.4. The summed E-state index contributed by atoms with van der Waals surface area (Å²) < 4.78 is 22.8. The van der Waals surface area contributed by atoms with Gasteiger partial charge in [0.15, 0.2) is 0 Å². The normalized spacial score (nSPS) is 11.6. The van der Waals surface area contributed by atoms with Crippen molar-refractivity contribution in [3.8, 4) is 0 Å². The zero-order valence-electron chi connectivity index (χ0n) is 7.86. The number of rotatable bonds is 3. The fourth-order valence-electron chi connectivity index (χ4n) is 0.946. The van der Waals surface area contributed by atoms with Gasteiger partial charge in [0.2, 0.25) is 0 Å². The lowest BCUT2D eigenvalue weighted by Gasteiger charge is -2.02. The minimum Gasteiger partial charge on any atom is -0.313 e. The maximum absolute atomic E-state index is 11.4. The van der Waals surface area contributed by atoms with Gasteiger partial charge in [0.1, 0.15) is 9.84 Å². The minimum atomic E-state index is -3.20. The predicted octanol–water partition coefficient (Wildman–Crippen LogP) is -0.656. The van der Waals surface area contributed by atoms with Crippen molar-refractivity contribution in [2.24, 2.45) is 0 Å². The van der Waals surface area contributed by atoms with E-state index < -0.39 is 21.1 Å². The van der Waals surface area contributed by atoms with Gasteiger partial charge in [0.25, 0.3) is 5.56 Å². The van der Waals surface area contributed by atoms with Gasteiger partial charge in [-0.15, -0.1) is 0 Å². The molecule has 0 amide bonds. The Morgan fingerprint density at radius 3 is 2.60 bits per heavy atom. The van der Waals surface area contributed by atoms with Crippen molar-refractivity contribution in [2.75, 3.05) is 12.0 Å². The van der Waals surface area contributed by atoms with Gasteiger partial charge in [-0.1, -0.05) is 0 Å². The fourth-order valence-corrected chi connectivity index (χ4v) is 1.79. The van der Waals surface area contributed by atoms with Crippen LogP contribution in [0.5, 0.6) is 0 Å². The van der Waals surface area contributed by atoms with Gasteiger partial charge < -0.3 is 4.98 Å². The Balaban J connectivity index is 3.11. The molecule has 1 heterocycles. The molecular formula is C7H9BrN2O4S. The molecular weight excluding hydrogens is 288 g/mol. The molecule has 0 aliphatic heterocycles. The SMILES string of the molecule is CS(=O)(=O)CCn1c(=O)[nH]cc(Br)c1=O. The monoisotopic (exact) mass is 296 g/mol. The maximum Gasteiger partial charge on any atom is 0.328 e. The van der Waals surface area contributed by atoms with E-state index in [1.165, 1.54) is 6.20 Å². The molecule has 0 atom stereocenters. The number of halogens is 1. The number of nitrogens with one attached hydrogen (secondary N) is 1. The molecule has 1 aromatic rings. The van der Waals surface area contributed by atoms with E-state index in [2.05, 4.69) is 20.9 Å². The molecule has 0 spiro atoms. The highest BCUT2D eigenvalue weighted by Crippen LogP contribution is 1.96. The highest BCUT2D eigenvalue weighted by molar-refractivity contribution is 9.10. The van der Waals surface area contributed by atoms with E-state index in [4.69, 9.17) is 0 Å². The zero-order valence-corrected chi connectivity index (χ0v) is 10.3. The van der Waals surface area contributed by atoms with Crippen molar-refractivity contribution in [3.05, 3.63) is 31.5 Å². The number of hydrogen-bond acceptors (Lipinski definition) is 4. The van der Waals surface area contributed by atoms with E-state index in [1.807, 2.05) is 0 Å². The molecule has 0 radical (unpaired) electrons. The lowest BCUT2D eigenvalue weighted by Crippen LogP contribution is -2.36. The summed E-state index contributed by atoms with van der Waals surface area (Å²) in [5, 5.41) is 0. The van der Waals surface area contributed by atoms with Crippen LogP contribution < -0.4 is 11.2 Å². The van der Waals surface area contributed by atoms with Crippen LogP contribution >= 0.6 is 15.9 Å². The molecule has 1 aromatic heterocycles. The van der Waals surface area contributed by atoms with E-state index in [0.717, 1.165) is 10.8 Å². The van der Waals surface area contributed by atoms with Crippen molar-refractivity contribution in [2.45, 2.75) is 6.54 Å². The smallest absolute Gasteiger partial charge is 0.313 e. The fraction of sp³-hybridized carbons (Fsp3) is 0.429. The third-order valence-electron chi connectivity index (χ3n) is 1.70. The largest absolute Gasteiger partial charge is 0.328 e. The number of hydrogen-bond donors (Lipinski definition) is 1. The third kappa shape index (κ3) is 3.31. The van der Waals surface area contributed by atoms with Crippen molar-refractivity contribution < 1.29 is 8.42 Å². The van der Waals surface area contributed by atoms with Gasteiger partial charge in [-0.05, 0) is 15.9 Å². The highest BCUT2D eigenvalue weighted by atomic mass is 79.9. The highest BCUT2D eigenvalue weighted by Gasteiger charge is 2.08. The molecule has 0 unspecified atom stereocenters. The summed E-state index contributed by atoms with van der Waals surface area (Å²) >= 11 is 2.95. The number of sulfone groups is 1. The zero-order chi connectivity index (χ0) is 11.6. The predicted molar refractivity (Wildman–Crippen MR) is 58.7 cm³/mol. The third-order valence-corrected chi connectivity index (χ3v) is 3.19. The van der Waals surface area contributed by atoms with Crippen LogP contribution in [0.2, 0.25) is 0 Å². The van der Waals surface area contributed by atoms with E-state index >= 15 is 0 Å². The number of aromatic amines is 1. The molecule has 0 saturated carbocycles. The Bertz CT molecular complexity index is 571. The first-order chi connectivity index (χ1) is 6.81. The molecule has 6 nitrogen and oxygen atoms in total. The molecule has 0 aromatic carbocycles. The van der Waals surface area contributed by atoms with Gasteiger partial charge >= 0.3 is 5.69 Å². The number of nitrogens with zero attached hydrogens (tertiary/aromatic N) is 1. The Labute approximate surface area is 94.0 Å². The molecule has 0 aliphatic rings. The van der Waals surface area contributed by atoms with Crippen molar-refractivity contribution in [3.63, 3.8) is 0 Å². The van der Waals surface area contributed by atoms with Crippen LogP contribution in [0.3, 0.4) is 0 Å². The first-order valence-corrected chi connectivity index (χ1v) is 6.82. The standard InChI is InChI=1S/C7H9BrN2O4S/c1-15(13,14)3-2-10-6(11)5(8)4-9-7(10)12/h4H,2-3H2,1H3,(H,9,12). The van der Waals surface area contributed by atoms with Gasteiger partial charge in [-0.2, -0.15) is 0 Å². The average molecular weight is 297 g/mol. The Morgan fingerprint density at radius 1 is 1.47 bits per heavy atom. The van der Waals surface area contributed by atoms with Crippen LogP contribution in [-0.2, 0) is 16.4 Å². The lowest BCUT2D eigenvalue weighted by atomic mass is 10.6. The van der Waals surface area contributed by atoms with Crippen LogP contribution in [0, 0.1) is 0 Å². The lowest BCUT2D eigenvalue weighted by molar-refractivity contribution is 0.588. The minimum absolute atomic E-state index is 0.146. The quantitative estimate of drug-likeness (QED) is 0.802. The second-order valence-electron chi connectivity index (χ2n) is 3.03. The second-order valence-corrected chi connectivity index (χ2v) is 6.14. The summed E-state index contributed by atoms with van der Waals surface area (Å²) in [7, 11) is -3.20. The molecule has 1 rings (SSSR count). The molecule has 84 valence electrons. The summed E-state index contributed by atoms with van der Waals surface area (Å²) in [6.45, 7) is -0.146. The van der Waals surface area contributed by atoms with E-state index in [1.54, 1.807) is 0 Å². The van der Waals surface area contributed by atoms with Gasteiger partial charge in [0, 0.05) is 19.0 Å². The molecule has 0 aliphatic carbocycles. The summed E-state index contributed by atoms with van der Waals surface area (Å²) in [5.41, 5.74) is -1.16. The van der Waals surface area contributed by atoms with E-state index in [9.17, 15) is 18.0 Å². The molecule has 8 heteroatoms. The molecule has 0 fully saturated rings.